The molecule has 5 aromatic rings. The van der Waals surface area contributed by atoms with Gasteiger partial charge in [-0.15, -0.1) is 0 Å². The Morgan fingerprint density at radius 2 is 0.750 bits per heavy atom. The van der Waals surface area contributed by atoms with E-state index in [2.05, 4.69) is 84.9 Å². The highest BCUT2D eigenvalue weighted by Gasteiger charge is 2.14. The molecule has 0 heterocycles. The van der Waals surface area contributed by atoms with Crippen LogP contribution in [0.3, 0.4) is 0 Å². The molecule has 0 aliphatic rings. The van der Waals surface area contributed by atoms with Crippen molar-refractivity contribution < 1.29 is 0 Å². The fourth-order valence-corrected chi connectivity index (χ4v) is 4.03. The minimum absolute atomic E-state index is 0.627. The van der Waals surface area contributed by atoms with Gasteiger partial charge < -0.3 is 11.5 Å². The van der Waals surface area contributed by atoms with Crippen LogP contribution in [0.2, 0.25) is 0 Å². The van der Waals surface area contributed by atoms with E-state index < -0.39 is 0 Å². The Kier molecular flexibility index (Phi) is 3.77. The Morgan fingerprint density at radius 1 is 0.357 bits per heavy atom. The van der Waals surface area contributed by atoms with E-state index in [4.69, 9.17) is 11.5 Å². The van der Waals surface area contributed by atoms with Crippen molar-refractivity contribution in [2.24, 2.45) is 0 Å². The highest BCUT2D eigenvalue weighted by molar-refractivity contribution is 6.06. The number of benzene rings is 5. The number of rotatable bonds is 2. The third-order valence-corrected chi connectivity index (χ3v) is 5.45. The Morgan fingerprint density at radius 3 is 1.21 bits per heavy atom. The van der Waals surface area contributed by atoms with Gasteiger partial charge in [0.2, 0.25) is 0 Å². The zero-order valence-corrected chi connectivity index (χ0v) is 15.4. The van der Waals surface area contributed by atoms with E-state index in [0.29, 0.717) is 11.4 Å². The highest BCUT2D eigenvalue weighted by Crippen LogP contribution is 2.41. The van der Waals surface area contributed by atoms with Gasteiger partial charge in [-0.1, -0.05) is 97.1 Å². The molecular weight excluding hydrogens is 340 g/mol. The topological polar surface area (TPSA) is 52.0 Å². The summed E-state index contributed by atoms with van der Waals surface area (Å²) in [6, 6.07) is 33.4. The van der Waals surface area contributed by atoms with Gasteiger partial charge in [0.25, 0.3) is 0 Å². The van der Waals surface area contributed by atoms with Crippen LogP contribution in [0.1, 0.15) is 0 Å². The van der Waals surface area contributed by atoms with E-state index in [1.807, 2.05) is 12.1 Å². The zero-order chi connectivity index (χ0) is 19.1. The van der Waals surface area contributed by atoms with Gasteiger partial charge in [0.15, 0.2) is 0 Å². The molecule has 0 saturated heterocycles. The SMILES string of the molecule is Nc1c(-c2cccc3ccccc23)ccc(-c2cccc3ccccc23)c1N. The molecule has 0 saturated carbocycles. The van der Waals surface area contributed by atoms with Crippen molar-refractivity contribution in [3.8, 4) is 22.3 Å². The Bertz CT molecular complexity index is 1220. The third-order valence-electron chi connectivity index (χ3n) is 5.45. The molecule has 0 amide bonds. The lowest BCUT2D eigenvalue weighted by atomic mass is 9.91. The van der Waals surface area contributed by atoms with Crippen LogP contribution in [0.25, 0.3) is 43.8 Å². The molecular formula is C26H20N2. The summed E-state index contributed by atoms with van der Waals surface area (Å²) in [5, 5.41) is 4.73. The van der Waals surface area contributed by atoms with Gasteiger partial charge in [-0.05, 0) is 32.7 Å². The smallest absolute Gasteiger partial charge is 0.0634 e. The number of hydrogen-bond acceptors (Lipinski definition) is 2. The van der Waals surface area contributed by atoms with E-state index in [0.717, 1.165) is 22.3 Å². The average Bonchev–Trinajstić information content (AvgIpc) is 2.75. The lowest BCUT2D eigenvalue weighted by Crippen LogP contribution is -2.00. The number of anilines is 2. The van der Waals surface area contributed by atoms with Gasteiger partial charge >= 0.3 is 0 Å². The number of fused-ring (bicyclic) bond motifs is 2. The third kappa shape index (κ3) is 2.50. The minimum atomic E-state index is 0.627. The van der Waals surface area contributed by atoms with Crippen molar-refractivity contribution in [3.63, 3.8) is 0 Å². The molecule has 0 spiro atoms. The van der Waals surface area contributed by atoms with Gasteiger partial charge in [-0.3, -0.25) is 0 Å². The maximum Gasteiger partial charge on any atom is 0.0634 e. The van der Waals surface area contributed by atoms with Crippen molar-refractivity contribution in [2.45, 2.75) is 0 Å². The molecule has 0 fully saturated rings. The predicted octanol–water partition coefficient (Wildman–Crippen LogP) is 6.49. The fourth-order valence-electron chi connectivity index (χ4n) is 4.03. The van der Waals surface area contributed by atoms with Crippen LogP contribution in [0.15, 0.2) is 97.1 Å². The van der Waals surface area contributed by atoms with Gasteiger partial charge in [-0.25, -0.2) is 0 Å². The lowest BCUT2D eigenvalue weighted by Gasteiger charge is -2.16. The summed E-state index contributed by atoms with van der Waals surface area (Å²) >= 11 is 0. The van der Waals surface area contributed by atoms with Crippen molar-refractivity contribution in [1.82, 2.24) is 0 Å². The second-order valence-electron chi connectivity index (χ2n) is 7.04. The molecule has 0 radical (unpaired) electrons. The second-order valence-corrected chi connectivity index (χ2v) is 7.04. The molecule has 5 aromatic carbocycles. The number of hydrogen-bond donors (Lipinski definition) is 2. The first-order chi connectivity index (χ1) is 13.7. The Hall–Kier alpha value is -3.78. The first kappa shape index (κ1) is 16.4. The van der Waals surface area contributed by atoms with Crippen molar-refractivity contribution in [1.29, 1.82) is 0 Å². The van der Waals surface area contributed by atoms with Crippen LogP contribution in [0.4, 0.5) is 11.4 Å². The Labute approximate surface area is 164 Å². The molecule has 0 bridgehead atoms. The van der Waals surface area contributed by atoms with Crippen molar-refractivity contribution in [2.75, 3.05) is 11.5 Å². The van der Waals surface area contributed by atoms with Gasteiger partial charge in [-0.2, -0.15) is 0 Å². The van der Waals surface area contributed by atoms with Crippen LogP contribution < -0.4 is 11.5 Å². The maximum atomic E-state index is 6.56. The quantitative estimate of drug-likeness (QED) is 0.353. The minimum Gasteiger partial charge on any atom is -0.397 e. The summed E-state index contributed by atoms with van der Waals surface area (Å²) in [7, 11) is 0. The van der Waals surface area contributed by atoms with Crippen LogP contribution in [0.5, 0.6) is 0 Å². The molecule has 0 aliphatic carbocycles. The molecule has 134 valence electrons. The molecule has 2 heteroatoms. The molecule has 0 unspecified atom stereocenters. The molecule has 5 rings (SSSR count). The largest absolute Gasteiger partial charge is 0.397 e. The summed E-state index contributed by atoms with van der Waals surface area (Å²) in [5.74, 6) is 0. The van der Waals surface area contributed by atoms with Gasteiger partial charge in [0, 0.05) is 11.1 Å². The monoisotopic (exact) mass is 360 g/mol. The standard InChI is InChI=1S/C26H20N2/c27-25-23(21-13-5-9-17-7-1-3-11-19(17)21)15-16-24(26(25)28)22-14-6-10-18-8-2-4-12-20(18)22/h1-16H,27-28H2. The summed E-state index contributed by atoms with van der Waals surface area (Å²) < 4.78 is 0. The van der Waals surface area contributed by atoms with E-state index >= 15 is 0 Å². The van der Waals surface area contributed by atoms with E-state index in [1.165, 1.54) is 21.5 Å². The maximum absolute atomic E-state index is 6.56. The highest BCUT2D eigenvalue weighted by atomic mass is 14.7. The zero-order valence-electron chi connectivity index (χ0n) is 15.4. The second kappa shape index (κ2) is 6.43. The van der Waals surface area contributed by atoms with Crippen molar-refractivity contribution >= 4 is 32.9 Å². The van der Waals surface area contributed by atoms with Crippen LogP contribution in [-0.2, 0) is 0 Å². The first-order valence-corrected chi connectivity index (χ1v) is 9.38. The van der Waals surface area contributed by atoms with Gasteiger partial charge in [0.1, 0.15) is 0 Å². The Balaban J connectivity index is 1.74. The van der Waals surface area contributed by atoms with Crippen LogP contribution in [0, 0.1) is 0 Å². The normalized spacial score (nSPS) is 11.1. The van der Waals surface area contributed by atoms with Crippen molar-refractivity contribution in [3.05, 3.63) is 97.1 Å². The summed E-state index contributed by atoms with van der Waals surface area (Å²) in [4.78, 5) is 0. The van der Waals surface area contributed by atoms with Crippen LogP contribution >= 0.6 is 0 Å². The average molecular weight is 360 g/mol. The predicted molar refractivity (Wildman–Crippen MR) is 121 cm³/mol. The molecule has 0 aliphatic heterocycles. The summed E-state index contributed by atoms with van der Waals surface area (Å²) in [5.41, 5.74) is 18.5. The van der Waals surface area contributed by atoms with E-state index in [-0.39, 0.29) is 0 Å². The molecule has 2 nitrogen and oxygen atoms in total. The number of nitrogens with two attached hydrogens (primary N) is 2. The molecule has 4 N–H and O–H groups in total. The first-order valence-electron chi connectivity index (χ1n) is 9.38. The molecule has 0 atom stereocenters. The molecule has 0 aromatic heterocycles. The van der Waals surface area contributed by atoms with E-state index in [9.17, 15) is 0 Å². The lowest BCUT2D eigenvalue weighted by molar-refractivity contribution is 1.60. The number of nitrogen functional groups attached to an aromatic ring is 2. The summed E-state index contributed by atoms with van der Waals surface area (Å²) in [6.45, 7) is 0. The van der Waals surface area contributed by atoms with Crippen LogP contribution in [-0.4, -0.2) is 0 Å². The fraction of sp³-hybridized carbons (Fsp3) is 0. The van der Waals surface area contributed by atoms with Gasteiger partial charge in [0.05, 0.1) is 11.4 Å². The molecule has 28 heavy (non-hydrogen) atoms. The summed E-state index contributed by atoms with van der Waals surface area (Å²) in [6.07, 6.45) is 0. The van der Waals surface area contributed by atoms with E-state index in [1.54, 1.807) is 0 Å².